The Morgan fingerprint density at radius 2 is 1.96 bits per heavy atom. The first-order valence-corrected chi connectivity index (χ1v) is 7.70. The van der Waals surface area contributed by atoms with Crippen molar-refractivity contribution < 1.29 is 4.79 Å². The molecule has 0 bridgehead atoms. The van der Waals surface area contributed by atoms with Crippen molar-refractivity contribution in [2.24, 2.45) is 0 Å². The minimum Gasteiger partial charge on any atom is -0.377 e. The van der Waals surface area contributed by atoms with E-state index in [9.17, 15) is 4.79 Å². The van der Waals surface area contributed by atoms with Crippen LogP contribution >= 0.6 is 0 Å². The number of aryl methyl sites for hydroxylation is 1. The zero-order valence-electron chi connectivity index (χ0n) is 14.0. The van der Waals surface area contributed by atoms with Gasteiger partial charge in [-0.1, -0.05) is 12.1 Å². The zero-order valence-corrected chi connectivity index (χ0v) is 14.0. The van der Waals surface area contributed by atoms with Crippen LogP contribution in [0.2, 0.25) is 0 Å². The quantitative estimate of drug-likeness (QED) is 0.747. The Hall–Kier alpha value is -2.62. The van der Waals surface area contributed by atoms with E-state index in [1.165, 1.54) is 16.8 Å². The predicted molar refractivity (Wildman–Crippen MR) is 94.4 cm³/mol. The molecule has 1 heterocycles. The van der Waals surface area contributed by atoms with Crippen molar-refractivity contribution in [1.82, 2.24) is 10.2 Å². The second-order valence-electron chi connectivity index (χ2n) is 6.18. The van der Waals surface area contributed by atoms with Crippen molar-refractivity contribution in [1.29, 1.82) is 0 Å². The van der Waals surface area contributed by atoms with E-state index in [1.54, 1.807) is 6.92 Å². The van der Waals surface area contributed by atoms with Gasteiger partial charge in [0.15, 0.2) is 5.78 Å². The lowest BCUT2D eigenvalue weighted by Crippen LogP contribution is -2.10. The van der Waals surface area contributed by atoms with Gasteiger partial charge in [-0.2, -0.15) is 5.10 Å². The Labute approximate surface area is 136 Å². The minimum absolute atomic E-state index is 0.0743. The van der Waals surface area contributed by atoms with Crippen molar-refractivity contribution in [2.45, 2.75) is 20.3 Å². The SMILES string of the molecule is CC(=O)c1ccc2n[nH]c(Cc3ccc(N(C)C)c(C)c3)c2c1. The number of nitrogens with zero attached hydrogens (tertiary/aromatic N) is 2. The fraction of sp³-hybridized carbons (Fsp3) is 0.263. The summed E-state index contributed by atoms with van der Waals surface area (Å²) in [4.78, 5) is 13.7. The smallest absolute Gasteiger partial charge is 0.159 e. The van der Waals surface area contributed by atoms with Crippen LogP contribution in [0.25, 0.3) is 10.9 Å². The molecule has 0 aliphatic rings. The first-order chi connectivity index (χ1) is 11.0. The van der Waals surface area contributed by atoms with E-state index in [1.807, 2.05) is 32.3 Å². The number of H-pyrrole nitrogens is 1. The molecular formula is C19H21N3O. The molecule has 4 nitrogen and oxygen atoms in total. The number of ketones is 1. The normalized spacial score (nSPS) is 11.0. The number of aromatic amines is 1. The monoisotopic (exact) mass is 307 g/mol. The van der Waals surface area contributed by atoms with E-state index in [0.29, 0.717) is 0 Å². The molecule has 1 N–H and O–H groups in total. The largest absolute Gasteiger partial charge is 0.377 e. The van der Waals surface area contributed by atoms with E-state index in [0.717, 1.165) is 28.6 Å². The number of fused-ring (bicyclic) bond motifs is 1. The first-order valence-electron chi connectivity index (χ1n) is 7.70. The number of nitrogens with one attached hydrogen (secondary N) is 1. The van der Waals surface area contributed by atoms with Crippen LogP contribution in [0.1, 0.15) is 34.1 Å². The molecule has 0 amide bonds. The van der Waals surface area contributed by atoms with E-state index in [2.05, 4.69) is 40.2 Å². The molecule has 0 aliphatic heterocycles. The van der Waals surface area contributed by atoms with Crippen LogP contribution in [0, 0.1) is 6.92 Å². The molecule has 2 aromatic carbocycles. The number of rotatable bonds is 4. The van der Waals surface area contributed by atoms with Gasteiger partial charge in [0, 0.05) is 42.8 Å². The second kappa shape index (κ2) is 5.88. The van der Waals surface area contributed by atoms with Gasteiger partial charge in [0.2, 0.25) is 0 Å². The summed E-state index contributed by atoms with van der Waals surface area (Å²) in [6, 6.07) is 12.1. The average Bonchev–Trinajstić information content (AvgIpc) is 2.89. The molecule has 0 fully saturated rings. The highest BCUT2D eigenvalue weighted by molar-refractivity contribution is 5.98. The Morgan fingerprint density at radius 1 is 1.17 bits per heavy atom. The topological polar surface area (TPSA) is 49.0 Å². The van der Waals surface area contributed by atoms with E-state index < -0.39 is 0 Å². The highest BCUT2D eigenvalue weighted by atomic mass is 16.1. The molecule has 0 spiro atoms. The zero-order chi connectivity index (χ0) is 16.6. The molecule has 0 saturated carbocycles. The summed E-state index contributed by atoms with van der Waals surface area (Å²) in [6.07, 6.45) is 0.770. The molecule has 4 heteroatoms. The molecule has 118 valence electrons. The molecule has 3 rings (SSSR count). The molecule has 0 radical (unpaired) electrons. The van der Waals surface area contributed by atoms with E-state index in [-0.39, 0.29) is 5.78 Å². The standard InChI is InChI=1S/C19H21N3O/c1-12-9-14(5-8-19(12)22(3)4)10-18-16-11-15(13(2)23)6-7-17(16)20-21-18/h5-9,11H,10H2,1-4H3,(H,20,21). The fourth-order valence-corrected chi connectivity index (χ4v) is 2.95. The van der Waals surface area contributed by atoms with Gasteiger partial charge in [-0.05, 0) is 49.2 Å². The molecule has 1 aromatic heterocycles. The van der Waals surface area contributed by atoms with Gasteiger partial charge in [-0.15, -0.1) is 0 Å². The summed E-state index contributed by atoms with van der Waals surface area (Å²) < 4.78 is 0. The third-order valence-electron chi connectivity index (χ3n) is 4.16. The highest BCUT2D eigenvalue weighted by Crippen LogP contribution is 2.24. The molecule has 0 saturated heterocycles. The number of hydrogen-bond acceptors (Lipinski definition) is 3. The van der Waals surface area contributed by atoms with Crippen molar-refractivity contribution >= 4 is 22.4 Å². The summed E-state index contributed by atoms with van der Waals surface area (Å²) in [6.45, 7) is 3.71. The van der Waals surface area contributed by atoms with E-state index >= 15 is 0 Å². The summed E-state index contributed by atoms with van der Waals surface area (Å²) in [5, 5.41) is 8.47. The summed E-state index contributed by atoms with van der Waals surface area (Å²) in [7, 11) is 4.10. The number of anilines is 1. The maximum Gasteiger partial charge on any atom is 0.159 e. The Morgan fingerprint density at radius 3 is 2.61 bits per heavy atom. The van der Waals surface area contributed by atoms with Crippen LogP contribution in [-0.2, 0) is 6.42 Å². The molecule has 0 unspecified atom stereocenters. The maximum absolute atomic E-state index is 11.6. The number of benzene rings is 2. The lowest BCUT2D eigenvalue weighted by Gasteiger charge is -2.16. The number of aromatic nitrogens is 2. The average molecular weight is 307 g/mol. The van der Waals surface area contributed by atoms with Crippen LogP contribution < -0.4 is 4.90 Å². The molecule has 0 aliphatic carbocycles. The van der Waals surface area contributed by atoms with Gasteiger partial charge in [0.1, 0.15) is 0 Å². The minimum atomic E-state index is 0.0743. The van der Waals surface area contributed by atoms with Crippen LogP contribution in [0.5, 0.6) is 0 Å². The van der Waals surface area contributed by atoms with Crippen LogP contribution in [0.4, 0.5) is 5.69 Å². The lowest BCUT2D eigenvalue weighted by molar-refractivity contribution is 0.101. The van der Waals surface area contributed by atoms with Crippen molar-refractivity contribution in [3.8, 4) is 0 Å². The number of Topliss-reactive ketones (excluding diaryl/α,β-unsaturated/α-hetero) is 1. The van der Waals surface area contributed by atoms with Crippen LogP contribution in [0.15, 0.2) is 36.4 Å². The molecular weight excluding hydrogens is 286 g/mol. The molecule has 0 atom stereocenters. The summed E-state index contributed by atoms with van der Waals surface area (Å²) in [5.41, 5.74) is 6.36. The first kappa shape index (κ1) is 15.3. The van der Waals surface area contributed by atoms with E-state index in [4.69, 9.17) is 0 Å². The Bertz CT molecular complexity index is 877. The van der Waals surface area contributed by atoms with Gasteiger partial charge in [0.05, 0.1) is 5.52 Å². The molecule has 3 aromatic rings. The van der Waals surface area contributed by atoms with Crippen molar-refractivity contribution in [3.63, 3.8) is 0 Å². The maximum atomic E-state index is 11.6. The van der Waals surface area contributed by atoms with Crippen molar-refractivity contribution in [3.05, 3.63) is 58.8 Å². The van der Waals surface area contributed by atoms with Gasteiger partial charge >= 0.3 is 0 Å². The number of hydrogen-bond donors (Lipinski definition) is 1. The van der Waals surface area contributed by atoms with Crippen molar-refractivity contribution in [2.75, 3.05) is 19.0 Å². The van der Waals surface area contributed by atoms with Gasteiger partial charge in [-0.25, -0.2) is 0 Å². The Balaban J connectivity index is 1.96. The third kappa shape index (κ3) is 2.97. The fourth-order valence-electron chi connectivity index (χ4n) is 2.95. The Kier molecular flexibility index (Phi) is 3.90. The second-order valence-corrected chi connectivity index (χ2v) is 6.18. The summed E-state index contributed by atoms with van der Waals surface area (Å²) in [5.74, 6) is 0.0743. The third-order valence-corrected chi connectivity index (χ3v) is 4.16. The summed E-state index contributed by atoms with van der Waals surface area (Å²) >= 11 is 0. The molecule has 23 heavy (non-hydrogen) atoms. The van der Waals surface area contributed by atoms with Gasteiger partial charge in [0.25, 0.3) is 0 Å². The van der Waals surface area contributed by atoms with Crippen LogP contribution in [0.3, 0.4) is 0 Å². The number of carbonyl (C=O) groups is 1. The van der Waals surface area contributed by atoms with Crippen LogP contribution in [-0.4, -0.2) is 30.1 Å². The highest BCUT2D eigenvalue weighted by Gasteiger charge is 2.10. The lowest BCUT2D eigenvalue weighted by atomic mass is 10.0. The number of carbonyl (C=O) groups excluding carboxylic acids is 1. The van der Waals surface area contributed by atoms with Gasteiger partial charge < -0.3 is 4.90 Å². The van der Waals surface area contributed by atoms with Gasteiger partial charge in [-0.3, -0.25) is 9.89 Å². The predicted octanol–water partition coefficient (Wildman–Crippen LogP) is 3.73.